The number of nitrogens with one attached hydrogen (secondary N) is 1. The molecule has 0 amide bonds. The third-order valence-electron chi connectivity index (χ3n) is 5.09. The summed E-state index contributed by atoms with van der Waals surface area (Å²) in [5.74, 6) is 0. The first-order chi connectivity index (χ1) is 15.0. The monoisotopic (exact) mass is 445 g/mol. The maximum absolute atomic E-state index is 12.8. The summed E-state index contributed by atoms with van der Waals surface area (Å²) in [4.78, 5) is 5.80. The molecule has 3 aromatic carbocycles. The van der Waals surface area contributed by atoms with E-state index in [9.17, 15) is 8.42 Å². The number of hydrogen-bond donors (Lipinski definition) is 1. The summed E-state index contributed by atoms with van der Waals surface area (Å²) < 4.78 is 30.3. The lowest BCUT2D eigenvalue weighted by Gasteiger charge is -2.09. The second kappa shape index (κ2) is 7.68. The van der Waals surface area contributed by atoms with Gasteiger partial charge in [0, 0.05) is 28.5 Å². The van der Waals surface area contributed by atoms with Crippen molar-refractivity contribution in [2.45, 2.75) is 11.8 Å². The second-order valence-electron chi connectivity index (χ2n) is 7.23. The molecule has 7 heteroatoms. The zero-order valence-corrected chi connectivity index (χ0v) is 18.3. The number of sulfonamides is 1. The van der Waals surface area contributed by atoms with E-state index in [1.807, 2.05) is 67.7 Å². The predicted molar refractivity (Wildman–Crippen MR) is 126 cm³/mol. The quantitative estimate of drug-likeness (QED) is 0.370. The van der Waals surface area contributed by atoms with Crippen molar-refractivity contribution in [3.8, 4) is 22.4 Å². The van der Waals surface area contributed by atoms with Gasteiger partial charge in [-0.25, -0.2) is 13.4 Å². The van der Waals surface area contributed by atoms with Gasteiger partial charge in [0.2, 0.25) is 0 Å². The highest BCUT2D eigenvalue weighted by atomic mass is 32.2. The first-order valence-corrected chi connectivity index (χ1v) is 12.1. The molecule has 154 valence electrons. The number of imidazole rings is 1. The van der Waals surface area contributed by atoms with E-state index in [-0.39, 0.29) is 4.90 Å². The number of hydrogen-bond acceptors (Lipinski definition) is 4. The van der Waals surface area contributed by atoms with Crippen LogP contribution >= 0.6 is 11.3 Å². The molecule has 0 bridgehead atoms. The van der Waals surface area contributed by atoms with Crippen LogP contribution in [0.1, 0.15) is 5.69 Å². The Hall–Kier alpha value is -3.42. The Morgan fingerprint density at radius 2 is 1.48 bits per heavy atom. The van der Waals surface area contributed by atoms with Crippen LogP contribution in [0, 0.1) is 6.92 Å². The van der Waals surface area contributed by atoms with E-state index in [1.165, 1.54) is 0 Å². The maximum Gasteiger partial charge on any atom is 0.261 e. The summed E-state index contributed by atoms with van der Waals surface area (Å²) in [6, 6.07) is 24.0. The van der Waals surface area contributed by atoms with Crippen LogP contribution in [-0.4, -0.2) is 17.8 Å². The normalized spacial score (nSPS) is 11.6. The van der Waals surface area contributed by atoms with E-state index < -0.39 is 10.0 Å². The fourth-order valence-corrected chi connectivity index (χ4v) is 5.32. The van der Waals surface area contributed by atoms with Gasteiger partial charge in [0.1, 0.15) is 0 Å². The minimum Gasteiger partial charge on any atom is -0.294 e. The first-order valence-electron chi connectivity index (χ1n) is 9.71. The Morgan fingerprint density at radius 3 is 2.16 bits per heavy atom. The number of aryl methyl sites for hydroxylation is 1. The number of benzene rings is 3. The van der Waals surface area contributed by atoms with Crippen LogP contribution in [0.3, 0.4) is 0 Å². The van der Waals surface area contributed by atoms with E-state index in [4.69, 9.17) is 0 Å². The molecular formula is C24H19N3O2S2. The third-order valence-corrected chi connectivity index (χ3v) is 7.45. The number of aromatic nitrogens is 2. The highest BCUT2D eigenvalue weighted by Crippen LogP contribution is 2.26. The first kappa shape index (κ1) is 19.5. The fraction of sp³-hybridized carbons (Fsp3) is 0.0417. The number of nitrogens with zero attached hydrogens (tertiary/aromatic N) is 2. The Bertz CT molecular complexity index is 1450. The highest BCUT2D eigenvalue weighted by molar-refractivity contribution is 7.92. The molecule has 0 atom stereocenters. The van der Waals surface area contributed by atoms with E-state index >= 15 is 0 Å². The van der Waals surface area contributed by atoms with Crippen LogP contribution < -0.4 is 4.72 Å². The molecule has 0 aliphatic heterocycles. The molecule has 0 fully saturated rings. The van der Waals surface area contributed by atoms with Crippen molar-refractivity contribution in [1.29, 1.82) is 0 Å². The van der Waals surface area contributed by atoms with Crippen LogP contribution in [0.4, 0.5) is 5.69 Å². The molecule has 0 radical (unpaired) electrons. The van der Waals surface area contributed by atoms with Gasteiger partial charge in [0.25, 0.3) is 10.0 Å². The molecule has 0 unspecified atom stereocenters. The van der Waals surface area contributed by atoms with Crippen molar-refractivity contribution in [2.75, 3.05) is 4.72 Å². The molecule has 0 aliphatic carbocycles. The van der Waals surface area contributed by atoms with E-state index in [1.54, 1.807) is 35.6 Å². The summed E-state index contributed by atoms with van der Waals surface area (Å²) in [5, 5.41) is 2.07. The summed E-state index contributed by atoms with van der Waals surface area (Å²) in [6.07, 6.45) is 1.99. The predicted octanol–water partition coefficient (Wildman–Crippen LogP) is 5.84. The number of thiazole rings is 1. The average Bonchev–Trinajstić information content (AvgIpc) is 3.37. The average molecular weight is 446 g/mol. The van der Waals surface area contributed by atoms with Gasteiger partial charge in [0.05, 0.1) is 10.6 Å². The van der Waals surface area contributed by atoms with Crippen LogP contribution in [-0.2, 0) is 10.0 Å². The molecular weight excluding hydrogens is 426 g/mol. The van der Waals surface area contributed by atoms with Crippen LogP contribution in [0.2, 0.25) is 0 Å². The van der Waals surface area contributed by atoms with Crippen LogP contribution in [0.15, 0.2) is 95.3 Å². The molecule has 0 spiro atoms. The van der Waals surface area contributed by atoms with Crippen molar-refractivity contribution in [3.05, 3.63) is 96.1 Å². The molecule has 1 N–H and O–H groups in total. The van der Waals surface area contributed by atoms with Crippen LogP contribution in [0.5, 0.6) is 0 Å². The minimum atomic E-state index is -3.68. The standard InChI is InChI=1S/C24H19N3O2S2/c1-17-16-30-24-25-23(15-27(17)24)20-7-11-21(12-8-20)26-31(28,29)22-13-9-19(10-14-22)18-5-3-2-4-6-18/h2-16,26H,1H3. The smallest absolute Gasteiger partial charge is 0.261 e. The summed E-state index contributed by atoms with van der Waals surface area (Å²) >= 11 is 1.60. The largest absolute Gasteiger partial charge is 0.294 e. The number of anilines is 1. The Balaban J connectivity index is 1.35. The van der Waals surface area contributed by atoms with E-state index in [0.717, 1.165) is 33.0 Å². The molecule has 2 heterocycles. The minimum absolute atomic E-state index is 0.223. The summed E-state index contributed by atoms with van der Waals surface area (Å²) in [6.45, 7) is 2.04. The molecule has 0 saturated carbocycles. The molecule has 0 saturated heterocycles. The van der Waals surface area contributed by atoms with Gasteiger partial charge < -0.3 is 0 Å². The van der Waals surface area contributed by atoms with Crippen molar-refractivity contribution in [1.82, 2.24) is 9.38 Å². The lowest BCUT2D eigenvalue weighted by molar-refractivity contribution is 0.601. The molecule has 5 nitrogen and oxygen atoms in total. The molecule has 5 aromatic rings. The van der Waals surface area contributed by atoms with Gasteiger partial charge in [-0.3, -0.25) is 9.12 Å². The van der Waals surface area contributed by atoms with E-state index in [0.29, 0.717) is 5.69 Å². The Labute approximate surface area is 184 Å². The molecule has 5 rings (SSSR count). The maximum atomic E-state index is 12.8. The number of rotatable bonds is 5. The Morgan fingerprint density at radius 1 is 0.839 bits per heavy atom. The number of fused-ring (bicyclic) bond motifs is 1. The van der Waals surface area contributed by atoms with Crippen LogP contribution in [0.25, 0.3) is 27.3 Å². The SMILES string of the molecule is Cc1csc2nc(-c3ccc(NS(=O)(=O)c4ccc(-c5ccccc5)cc4)cc3)cn12. The van der Waals surface area contributed by atoms with Gasteiger partial charge in [-0.1, -0.05) is 54.6 Å². The van der Waals surface area contributed by atoms with Crippen molar-refractivity contribution < 1.29 is 8.42 Å². The van der Waals surface area contributed by atoms with Gasteiger partial charge >= 0.3 is 0 Å². The van der Waals surface area contributed by atoms with Crippen molar-refractivity contribution in [2.24, 2.45) is 0 Å². The summed E-state index contributed by atoms with van der Waals surface area (Å²) in [7, 11) is -3.68. The Kier molecular flexibility index (Phi) is 4.84. The zero-order chi connectivity index (χ0) is 21.4. The van der Waals surface area contributed by atoms with Gasteiger partial charge in [-0.05, 0) is 42.3 Å². The van der Waals surface area contributed by atoms with Gasteiger partial charge in [-0.2, -0.15) is 0 Å². The summed E-state index contributed by atoms with van der Waals surface area (Å²) in [5.41, 5.74) is 5.46. The lowest BCUT2D eigenvalue weighted by atomic mass is 10.1. The zero-order valence-electron chi connectivity index (χ0n) is 16.7. The van der Waals surface area contributed by atoms with Crippen molar-refractivity contribution in [3.63, 3.8) is 0 Å². The lowest BCUT2D eigenvalue weighted by Crippen LogP contribution is -2.12. The van der Waals surface area contributed by atoms with Crippen molar-refractivity contribution >= 4 is 32.0 Å². The molecule has 31 heavy (non-hydrogen) atoms. The molecule has 0 aliphatic rings. The topological polar surface area (TPSA) is 63.5 Å². The second-order valence-corrected chi connectivity index (χ2v) is 9.75. The highest BCUT2D eigenvalue weighted by Gasteiger charge is 2.15. The third kappa shape index (κ3) is 3.85. The molecule has 2 aromatic heterocycles. The van der Waals surface area contributed by atoms with E-state index in [2.05, 4.69) is 19.5 Å². The van der Waals surface area contributed by atoms with Gasteiger partial charge in [0.15, 0.2) is 4.96 Å². The van der Waals surface area contributed by atoms with Gasteiger partial charge in [-0.15, -0.1) is 11.3 Å². The fourth-order valence-electron chi connectivity index (χ4n) is 3.41.